The van der Waals surface area contributed by atoms with Crippen LogP contribution in [0.4, 0.5) is 18.9 Å². The monoisotopic (exact) mass is 436 g/mol. The standard InChI is InChI=1S/C15H12F3IN2O2/c1-2-23-14-10(4-3-7-20-14)13(22)21-12-8-9(15(16,17)18)5-6-11(12)19/h3-8H,2H2,1H3,(H,21,22). The van der Waals surface area contributed by atoms with Gasteiger partial charge in [0.05, 0.1) is 17.9 Å². The number of halogens is 4. The van der Waals surface area contributed by atoms with Gasteiger partial charge in [-0.25, -0.2) is 4.98 Å². The summed E-state index contributed by atoms with van der Waals surface area (Å²) in [5, 5.41) is 2.47. The van der Waals surface area contributed by atoms with Crippen molar-refractivity contribution in [3.05, 3.63) is 51.2 Å². The van der Waals surface area contributed by atoms with Crippen molar-refractivity contribution in [1.82, 2.24) is 4.98 Å². The van der Waals surface area contributed by atoms with E-state index in [-0.39, 0.29) is 17.1 Å². The number of pyridine rings is 1. The number of benzene rings is 1. The Bertz CT molecular complexity index is 720. The summed E-state index contributed by atoms with van der Waals surface area (Å²) in [6, 6.07) is 6.21. The quantitative estimate of drug-likeness (QED) is 0.726. The van der Waals surface area contributed by atoms with Crippen molar-refractivity contribution in [1.29, 1.82) is 0 Å². The molecule has 1 aromatic heterocycles. The number of alkyl halides is 3. The van der Waals surface area contributed by atoms with E-state index in [0.717, 1.165) is 12.1 Å². The summed E-state index contributed by atoms with van der Waals surface area (Å²) in [7, 11) is 0. The van der Waals surface area contributed by atoms with Gasteiger partial charge in [0.15, 0.2) is 0 Å². The molecule has 1 heterocycles. The summed E-state index contributed by atoms with van der Waals surface area (Å²) in [4.78, 5) is 16.3. The number of nitrogens with zero attached hydrogens (tertiary/aromatic N) is 1. The lowest BCUT2D eigenvalue weighted by Gasteiger charge is -2.13. The fraction of sp³-hybridized carbons (Fsp3) is 0.200. The summed E-state index contributed by atoms with van der Waals surface area (Å²) >= 11 is 1.85. The third-order valence-electron chi connectivity index (χ3n) is 2.84. The molecule has 8 heteroatoms. The Hall–Kier alpha value is -1.84. The SMILES string of the molecule is CCOc1ncccc1C(=O)Nc1cc(C(F)(F)F)ccc1I. The lowest BCUT2D eigenvalue weighted by Crippen LogP contribution is -2.16. The van der Waals surface area contributed by atoms with Gasteiger partial charge in [-0.15, -0.1) is 0 Å². The molecule has 1 amide bonds. The molecule has 0 atom stereocenters. The largest absolute Gasteiger partial charge is 0.477 e. The van der Waals surface area contributed by atoms with E-state index in [1.165, 1.54) is 18.3 Å². The van der Waals surface area contributed by atoms with E-state index in [4.69, 9.17) is 4.74 Å². The molecule has 0 unspecified atom stereocenters. The molecule has 1 N–H and O–H groups in total. The molecule has 2 rings (SSSR count). The lowest BCUT2D eigenvalue weighted by atomic mass is 10.2. The molecule has 23 heavy (non-hydrogen) atoms. The van der Waals surface area contributed by atoms with Crippen molar-refractivity contribution in [2.24, 2.45) is 0 Å². The maximum Gasteiger partial charge on any atom is 0.416 e. The molecular formula is C15H12F3IN2O2. The molecule has 0 aliphatic carbocycles. The van der Waals surface area contributed by atoms with Gasteiger partial charge in [0.2, 0.25) is 5.88 Å². The second kappa shape index (κ2) is 7.16. The predicted octanol–water partition coefficient (Wildman–Crippen LogP) is 4.36. The molecule has 4 nitrogen and oxygen atoms in total. The van der Waals surface area contributed by atoms with Gasteiger partial charge < -0.3 is 10.1 Å². The minimum absolute atomic E-state index is 0.0803. The van der Waals surface area contributed by atoms with E-state index in [1.807, 2.05) is 22.6 Å². The Balaban J connectivity index is 2.31. The normalized spacial score (nSPS) is 11.2. The van der Waals surface area contributed by atoms with Crippen LogP contribution in [0, 0.1) is 3.57 Å². The van der Waals surface area contributed by atoms with Crippen LogP contribution in [-0.4, -0.2) is 17.5 Å². The maximum absolute atomic E-state index is 12.8. The first-order valence-electron chi connectivity index (χ1n) is 6.59. The number of anilines is 1. The first kappa shape index (κ1) is 17.5. The van der Waals surface area contributed by atoms with E-state index in [2.05, 4.69) is 10.3 Å². The van der Waals surface area contributed by atoms with Gasteiger partial charge in [-0.05, 0) is 59.8 Å². The molecule has 0 saturated heterocycles. The van der Waals surface area contributed by atoms with Crippen LogP contribution in [0.1, 0.15) is 22.8 Å². The van der Waals surface area contributed by atoms with E-state index < -0.39 is 17.6 Å². The summed E-state index contributed by atoms with van der Waals surface area (Å²) in [6.07, 6.45) is -3.01. The highest BCUT2D eigenvalue weighted by atomic mass is 127. The van der Waals surface area contributed by atoms with E-state index in [9.17, 15) is 18.0 Å². The van der Waals surface area contributed by atoms with Crippen molar-refractivity contribution in [2.75, 3.05) is 11.9 Å². The molecular weight excluding hydrogens is 424 g/mol. The number of ether oxygens (including phenoxy) is 1. The van der Waals surface area contributed by atoms with Crippen molar-refractivity contribution < 1.29 is 22.7 Å². The number of hydrogen-bond acceptors (Lipinski definition) is 3. The van der Waals surface area contributed by atoms with Crippen LogP contribution < -0.4 is 10.1 Å². The molecule has 0 radical (unpaired) electrons. The summed E-state index contributed by atoms with van der Waals surface area (Å²) < 4.78 is 44.1. The van der Waals surface area contributed by atoms with Crippen molar-refractivity contribution >= 4 is 34.2 Å². The first-order valence-corrected chi connectivity index (χ1v) is 7.66. The third-order valence-corrected chi connectivity index (χ3v) is 3.78. The number of amides is 1. The predicted molar refractivity (Wildman–Crippen MR) is 87.5 cm³/mol. The number of aromatic nitrogens is 1. The highest BCUT2D eigenvalue weighted by Crippen LogP contribution is 2.33. The smallest absolute Gasteiger partial charge is 0.416 e. The molecule has 2 aromatic rings. The van der Waals surface area contributed by atoms with Crippen LogP contribution in [0.5, 0.6) is 5.88 Å². The Morgan fingerprint density at radius 2 is 2.09 bits per heavy atom. The van der Waals surface area contributed by atoms with Crippen LogP contribution in [0.2, 0.25) is 0 Å². The zero-order valence-electron chi connectivity index (χ0n) is 11.9. The minimum Gasteiger partial charge on any atom is -0.477 e. The average molecular weight is 436 g/mol. The molecule has 0 aliphatic heterocycles. The third kappa shape index (κ3) is 4.34. The number of hydrogen-bond donors (Lipinski definition) is 1. The van der Waals surface area contributed by atoms with Crippen LogP contribution in [0.25, 0.3) is 0 Å². The van der Waals surface area contributed by atoms with Crippen molar-refractivity contribution in [2.45, 2.75) is 13.1 Å². The lowest BCUT2D eigenvalue weighted by molar-refractivity contribution is -0.137. The van der Waals surface area contributed by atoms with Gasteiger partial charge in [-0.2, -0.15) is 13.2 Å². The van der Waals surface area contributed by atoms with E-state index in [0.29, 0.717) is 10.2 Å². The molecule has 0 aliphatic rings. The van der Waals surface area contributed by atoms with Crippen LogP contribution >= 0.6 is 22.6 Å². The van der Waals surface area contributed by atoms with Crippen molar-refractivity contribution in [3.63, 3.8) is 0 Å². The molecule has 0 fully saturated rings. The molecule has 0 bridgehead atoms. The highest BCUT2D eigenvalue weighted by molar-refractivity contribution is 14.1. The summed E-state index contributed by atoms with van der Waals surface area (Å²) in [5.74, 6) is -0.451. The Morgan fingerprint density at radius 3 is 2.74 bits per heavy atom. The van der Waals surface area contributed by atoms with Crippen molar-refractivity contribution in [3.8, 4) is 5.88 Å². The Morgan fingerprint density at radius 1 is 1.35 bits per heavy atom. The van der Waals surface area contributed by atoms with Crippen LogP contribution in [0.3, 0.4) is 0 Å². The minimum atomic E-state index is -4.48. The number of carbonyl (C=O) groups is 1. The van der Waals surface area contributed by atoms with Crippen LogP contribution in [-0.2, 0) is 6.18 Å². The second-order valence-corrected chi connectivity index (χ2v) is 5.60. The Labute approximate surface area is 144 Å². The second-order valence-electron chi connectivity index (χ2n) is 4.44. The topological polar surface area (TPSA) is 51.2 Å². The van der Waals surface area contributed by atoms with Gasteiger partial charge in [0, 0.05) is 9.77 Å². The van der Waals surface area contributed by atoms with Crippen LogP contribution in [0.15, 0.2) is 36.5 Å². The fourth-order valence-corrected chi connectivity index (χ4v) is 2.27. The highest BCUT2D eigenvalue weighted by Gasteiger charge is 2.31. The van der Waals surface area contributed by atoms with E-state index in [1.54, 1.807) is 13.0 Å². The van der Waals surface area contributed by atoms with Gasteiger partial charge in [0.25, 0.3) is 5.91 Å². The van der Waals surface area contributed by atoms with E-state index >= 15 is 0 Å². The van der Waals surface area contributed by atoms with Gasteiger partial charge in [0.1, 0.15) is 5.56 Å². The van der Waals surface area contributed by atoms with Gasteiger partial charge in [-0.1, -0.05) is 0 Å². The number of nitrogens with one attached hydrogen (secondary N) is 1. The molecule has 0 spiro atoms. The van der Waals surface area contributed by atoms with Gasteiger partial charge >= 0.3 is 6.18 Å². The molecule has 122 valence electrons. The fourth-order valence-electron chi connectivity index (χ4n) is 1.80. The summed E-state index contributed by atoms with van der Waals surface area (Å²) in [5.41, 5.74) is -0.594. The summed E-state index contributed by atoms with van der Waals surface area (Å²) in [6.45, 7) is 2.06. The molecule has 0 saturated carbocycles. The maximum atomic E-state index is 12.8. The zero-order chi connectivity index (χ0) is 17.0. The first-order chi connectivity index (χ1) is 10.8. The number of rotatable bonds is 4. The number of carbonyl (C=O) groups excluding carboxylic acids is 1. The Kier molecular flexibility index (Phi) is 5.45. The zero-order valence-corrected chi connectivity index (χ0v) is 14.1. The molecule has 1 aromatic carbocycles. The van der Waals surface area contributed by atoms with Gasteiger partial charge in [-0.3, -0.25) is 4.79 Å². The average Bonchev–Trinajstić information content (AvgIpc) is 2.49.